The molecule has 0 fully saturated rings. The first-order valence-corrected chi connectivity index (χ1v) is 4.24. The molecule has 6 heteroatoms. The predicted molar refractivity (Wildman–Crippen MR) is 29.5 cm³/mol. The van der Waals surface area contributed by atoms with E-state index in [2.05, 4.69) is 0 Å². The Balaban J connectivity index is -0.00000000667. The SMILES string of the molecule is Cl.[Cl][Pd][Cl].[NH2-].[NH2-]. The zero-order valence-electron chi connectivity index (χ0n) is 2.64. The van der Waals surface area contributed by atoms with Crippen molar-refractivity contribution in [3.05, 3.63) is 12.3 Å². The van der Waals surface area contributed by atoms with Gasteiger partial charge in [0.1, 0.15) is 0 Å². The van der Waals surface area contributed by atoms with E-state index in [0.29, 0.717) is 0 Å². The van der Waals surface area contributed by atoms with E-state index < -0.39 is 0 Å². The average molecular weight is 246 g/mol. The summed E-state index contributed by atoms with van der Waals surface area (Å²) in [6, 6.07) is 0. The maximum Gasteiger partial charge on any atom is -0.693 e. The third-order valence-electron chi connectivity index (χ3n) is 0. The number of nitrogens with two attached hydrogens (primary N) is 2. The van der Waals surface area contributed by atoms with Crippen LogP contribution in [0.2, 0.25) is 0 Å². The number of halogens is 3. The Morgan fingerprint density at radius 1 is 1.00 bits per heavy atom. The molecule has 0 bridgehead atoms. The summed E-state index contributed by atoms with van der Waals surface area (Å²) < 4.78 is 0. The fourth-order valence-electron chi connectivity index (χ4n) is 0. The Morgan fingerprint density at radius 3 is 1.00 bits per heavy atom. The molecule has 48 valence electrons. The number of hydrogen-bond acceptors (Lipinski definition) is 0. The molecule has 0 saturated carbocycles. The minimum atomic E-state index is -0.106. The van der Waals surface area contributed by atoms with Gasteiger partial charge in [-0.3, -0.25) is 0 Å². The predicted octanol–water partition coefficient (Wildman–Crippen LogP) is 3.23. The first kappa shape index (κ1) is 26.0. The van der Waals surface area contributed by atoms with Crippen molar-refractivity contribution in [2.24, 2.45) is 0 Å². The molecule has 0 atom stereocenters. The fraction of sp³-hybridized carbons (Fsp3) is 0. The minimum absolute atomic E-state index is 0. The van der Waals surface area contributed by atoms with Crippen molar-refractivity contribution in [1.82, 2.24) is 0 Å². The first-order valence-electron chi connectivity index (χ1n) is 0.239. The molecule has 0 radical (unpaired) electrons. The van der Waals surface area contributed by atoms with Crippen molar-refractivity contribution in [1.29, 1.82) is 0 Å². The second-order valence-corrected chi connectivity index (χ2v) is 2.41. The maximum atomic E-state index is 4.81. The van der Waals surface area contributed by atoms with Crippen LogP contribution in [0, 0.1) is 0 Å². The fourth-order valence-corrected chi connectivity index (χ4v) is 0. The van der Waals surface area contributed by atoms with E-state index in [0.717, 1.165) is 0 Å². The molecule has 0 aromatic carbocycles. The third-order valence-corrected chi connectivity index (χ3v) is 0. The molecule has 0 aromatic heterocycles. The number of hydrogen-bond donors (Lipinski definition) is 0. The molecule has 0 unspecified atom stereocenters. The van der Waals surface area contributed by atoms with Crippen LogP contribution >= 0.6 is 31.5 Å². The molecule has 0 spiro atoms. The van der Waals surface area contributed by atoms with Crippen molar-refractivity contribution in [2.45, 2.75) is 0 Å². The monoisotopic (exact) mass is 244 g/mol. The van der Waals surface area contributed by atoms with Gasteiger partial charge in [-0.15, -0.1) is 12.4 Å². The second kappa shape index (κ2) is 31.9. The van der Waals surface area contributed by atoms with E-state index in [1.54, 1.807) is 0 Å². The largest absolute Gasteiger partial charge is 0.693 e. The molecule has 0 aliphatic carbocycles. The molecule has 2 nitrogen and oxygen atoms in total. The quantitative estimate of drug-likeness (QED) is 0.588. The molecule has 0 aliphatic rings. The van der Waals surface area contributed by atoms with E-state index in [1.165, 1.54) is 0 Å². The maximum absolute atomic E-state index is 4.81. The van der Waals surface area contributed by atoms with Crippen LogP contribution in [0.15, 0.2) is 0 Å². The smallest absolute Gasteiger partial charge is 0.693 e. The summed E-state index contributed by atoms with van der Waals surface area (Å²) in [5.41, 5.74) is 0. The van der Waals surface area contributed by atoms with E-state index in [-0.39, 0.29) is 40.6 Å². The Morgan fingerprint density at radius 2 is 1.00 bits per heavy atom. The Kier molecular flexibility index (Phi) is 138. The normalized spacial score (nSPS) is 3.67. The van der Waals surface area contributed by atoms with E-state index >= 15 is 0 Å². The van der Waals surface area contributed by atoms with E-state index in [1.807, 2.05) is 0 Å². The third kappa shape index (κ3) is 51.2. The van der Waals surface area contributed by atoms with Crippen molar-refractivity contribution in [3.8, 4) is 0 Å². The van der Waals surface area contributed by atoms with E-state index in [4.69, 9.17) is 19.1 Å². The van der Waals surface area contributed by atoms with Gasteiger partial charge in [0.2, 0.25) is 0 Å². The number of rotatable bonds is 0. The summed E-state index contributed by atoms with van der Waals surface area (Å²) in [6.45, 7) is 0. The van der Waals surface area contributed by atoms with Crippen LogP contribution in [0.3, 0.4) is 0 Å². The van der Waals surface area contributed by atoms with Gasteiger partial charge in [-0.1, -0.05) is 0 Å². The molecule has 0 amide bonds. The van der Waals surface area contributed by atoms with Gasteiger partial charge in [-0.25, -0.2) is 0 Å². The van der Waals surface area contributed by atoms with Gasteiger partial charge in [-0.05, 0) is 0 Å². The van der Waals surface area contributed by atoms with Crippen LogP contribution in [0.5, 0.6) is 0 Å². The van der Waals surface area contributed by atoms with Gasteiger partial charge < -0.3 is 12.3 Å². The molecule has 0 aromatic rings. The Labute approximate surface area is 59.6 Å². The Bertz CT molecular complexity index is 8.75. The van der Waals surface area contributed by atoms with Gasteiger partial charge in [0.05, 0.1) is 0 Å². The molecule has 4 N–H and O–H groups in total. The van der Waals surface area contributed by atoms with Gasteiger partial charge >= 0.3 is 35.0 Å². The minimum Gasteiger partial charge on any atom is -0.693 e. The molecular formula is H5Cl3N2Pd-2. The van der Waals surface area contributed by atoms with Crippen molar-refractivity contribution >= 4 is 31.5 Å². The van der Waals surface area contributed by atoms with Gasteiger partial charge in [0.15, 0.2) is 0 Å². The average Bonchev–Trinajstić information content (AvgIpc) is 0.918. The van der Waals surface area contributed by atoms with Gasteiger partial charge in [0, 0.05) is 0 Å². The van der Waals surface area contributed by atoms with Crippen LogP contribution in [-0.4, -0.2) is 0 Å². The molecular weight excluding hydrogens is 241 g/mol. The Hall–Kier alpha value is 1.45. The van der Waals surface area contributed by atoms with Crippen LogP contribution in [0.1, 0.15) is 0 Å². The van der Waals surface area contributed by atoms with Crippen molar-refractivity contribution < 1.29 is 15.9 Å². The molecule has 0 rings (SSSR count). The summed E-state index contributed by atoms with van der Waals surface area (Å²) in [5, 5.41) is 0. The summed E-state index contributed by atoms with van der Waals surface area (Å²) in [5.74, 6) is 0. The van der Waals surface area contributed by atoms with Gasteiger partial charge in [0.25, 0.3) is 0 Å². The van der Waals surface area contributed by atoms with Crippen LogP contribution in [0.25, 0.3) is 12.3 Å². The second-order valence-electron chi connectivity index (χ2n) is 0.0452. The van der Waals surface area contributed by atoms with Crippen LogP contribution in [-0.2, 0) is 15.9 Å². The standard InChI is InChI=1S/3ClH.2H2N.Pd/h3*1H;2*1H2;/q;;;2*-1;+2/p-2. The topological polar surface area (TPSA) is 67.0 Å². The summed E-state index contributed by atoms with van der Waals surface area (Å²) in [6.07, 6.45) is 0. The van der Waals surface area contributed by atoms with Gasteiger partial charge in [-0.2, -0.15) is 0 Å². The van der Waals surface area contributed by atoms with E-state index in [9.17, 15) is 0 Å². The van der Waals surface area contributed by atoms with Crippen LogP contribution in [0.4, 0.5) is 0 Å². The molecule has 0 heterocycles. The molecule has 0 aliphatic heterocycles. The molecule has 0 saturated heterocycles. The zero-order chi connectivity index (χ0) is 2.71. The van der Waals surface area contributed by atoms with Crippen molar-refractivity contribution in [2.75, 3.05) is 0 Å². The summed E-state index contributed by atoms with van der Waals surface area (Å²) >= 11 is -0.106. The first-order chi connectivity index (χ1) is 1.41. The zero-order valence-corrected chi connectivity index (χ0v) is 6.52. The summed E-state index contributed by atoms with van der Waals surface area (Å²) in [4.78, 5) is 0. The molecule has 6 heavy (non-hydrogen) atoms. The van der Waals surface area contributed by atoms with Crippen molar-refractivity contribution in [3.63, 3.8) is 0 Å². The van der Waals surface area contributed by atoms with Crippen LogP contribution < -0.4 is 0 Å². The summed E-state index contributed by atoms with van der Waals surface area (Å²) in [7, 11) is 9.63.